The van der Waals surface area contributed by atoms with Crippen LogP contribution in [0.3, 0.4) is 0 Å². The van der Waals surface area contributed by atoms with Gasteiger partial charge in [0.15, 0.2) is 0 Å². The lowest BCUT2D eigenvalue weighted by Crippen LogP contribution is -2.31. The van der Waals surface area contributed by atoms with Crippen LogP contribution < -0.4 is 0 Å². The van der Waals surface area contributed by atoms with Crippen molar-refractivity contribution in [1.29, 1.82) is 0 Å². The Labute approximate surface area is 158 Å². The zero-order chi connectivity index (χ0) is 18.6. The number of likely N-dealkylation sites (tertiary alicyclic amines) is 1. The highest BCUT2D eigenvalue weighted by Crippen LogP contribution is 2.32. The number of nitrogens with zero attached hydrogens (tertiary/aromatic N) is 2. The Balaban J connectivity index is 1.57. The molecule has 0 aliphatic carbocycles. The predicted octanol–water partition coefficient (Wildman–Crippen LogP) is 4.79. The van der Waals surface area contributed by atoms with Crippen LogP contribution in [0.2, 0.25) is 0 Å². The van der Waals surface area contributed by atoms with Gasteiger partial charge in [-0.2, -0.15) is 0 Å². The number of carbonyl (C=O) groups excluding carboxylic acids is 1. The zero-order valence-corrected chi connectivity index (χ0v) is 15.0. The Kier molecular flexibility index (Phi) is 4.97. The third-order valence-electron chi connectivity index (χ3n) is 5.03. The van der Waals surface area contributed by atoms with Crippen LogP contribution in [0.1, 0.15) is 46.2 Å². The smallest absolute Gasteiger partial charge is 0.254 e. The molecule has 0 saturated carbocycles. The first-order valence-corrected chi connectivity index (χ1v) is 9.27. The Morgan fingerprint density at radius 2 is 1.78 bits per heavy atom. The first-order valence-electron chi connectivity index (χ1n) is 9.27. The molecule has 0 radical (unpaired) electrons. The standard InChI is InChI=1S/C23H21FN2O/c24-20-12-5-4-10-18(20)16-19-11-6-13-21(25-19)22-14-7-15-26(22)23(27)17-8-2-1-3-9-17/h1-6,8-13,22H,7,14-16H2/t22-/m0/s1. The number of pyridine rings is 1. The van der Waals surface area contributed by atoms with E-state index in [1.807, 2.05) is 59.5 Å². The second-order valence-electron chi connectivity index (χ2n) is 6.84. The molecule has 1 fully saturated rings. The highest BCUT2D eigenvalue weighted by Gasteiger charge is 2.31. The van der Waals surface area contributed by atoms with Gasteiger partial charge >= 0.3 is 0 Å². The zero-order valence-electron chi connectivity index (χ0n) is 15.0. The van der Waals surface area contributed by atoms with E-state index in [0.29, 0.717) is 17.5 Å². The lowest BCUT2D eigenvalue weighted by molar-refractivity contribution is 0.0733. The van der Waals surface area contributed by atoms with E-state index in [1.165, 1.54) is 6.07 Å². The summed E-state index contributed by atoms with van der Waals surface area (Å²) in [6.07, 6.45) is 2.30. The number of carbonyl (C=O) groups is 1. The highest BCUT2D eigenvalue weighted by atomic mass is 19.1. The molecule has 1 amide bonds. The molecule has 1 aliphatic rings. The van der Waals surface area contributed by atoms with Crippen molar-refractivity contribution in [2.24, 2.45) is 0 Å². The molecule has 3 aromatic rings. The summed E-state index contributed by atoms with van der Waals surface area (Å²) < 4.78 is 14.0. The Hall–Kier alpha value is -3.01. The molecule has 4 heteroatoms. The number of rotatable bonds is 4. The van der Waals surface area contributed by atoms with E-state index in [-0.39, 0.29) is 17.8 Å². The van der Waals surface area contributed by atoms with Gasteiger partial charge in [-0.1, -0.05) is 42.5 Å². The minimum absolute atomic E-state index is 0.0294. The molecule has 27 heavy (non-hydrogen) atoms. The highest BCUT2D eigenvalue weighted by molar-refractivity contribution is 5.94. The fraction of sp³-hybridized carbons (Fsp3) is 0.217. The van der Waals surface area contributed by atoms with Crippen LogP contribution in [0, 0.1) is 5.82 Å². The van der Waals surface area contributed by atoms with Crippen LogP contribution in [0.25, 0.3) is 0 Å². The summed E-state index contributed by atoms with van der Waals surface area (Å²) in [5.41, 5.74) is 3.03. The lowest BCUT2D eigenvalue weighted by atomic mass is 10.1. The van der Waals surface area contributed by atoms with Crippen molar-refractivity contribution in [1.82, 2.24) is 9.88 Å². The summed E-state index contributed by atoms with van der Waals surface area (Å²) in [7, 11) is 0. The maximum Gasteiger partial charge on any atom is 0.254 e. The fourth-order valence-corrected chi connectivity index (χ4v) is 3.68. The summed E-state index contributed by atoms with van der Waals surface area (Å²) in [5.74, 6) is -0.175. The van der Waals surface area contributed by atoms with E-state index in [2.05, 4.69) is 0 Å². The number of hydrogen-bond acceptors (Lipinski definition) is 2. The average molecular weight is 360 g/mol. The van der Waals surface area contributed by atoms with Gasteiger partial charge < -0.3 is 4.90 Å². The van der Waals surface area contributed by atoms with Gasteiger partial charge in [0.2, 0.25) is 0 Å². The van der Waals surface area contributed by atoms with Gasteiger partial charge in [0.05, 0.1) is 11.7 Å². The first kappa shape index (κ1) is 17.4. The molecule has 136 valence electrons. The molecule has 0 bridgehead atoms. The third-order valence-corrected chi connectivity index (χ3v) is 5.03. The van der Waals surface area contributed by atoms with Gasteiger partial charge in [0.1, 0.15) is 5.82 Å². The molecular weight excluding hydrogens is 339 g/mol. The van der Waals surface area contributed by atoms with E-state index in [1.54, 1.807) is 12.1 Å². The summed E-state index contributed by atoms with van der Waals surface area (Å²) in [5, 5.41) is 0. The summed E-state index contributed by atoms with van der Waals surface area (Å²) in [6.45, 7) is 0.734. The molecule has 2 aromatic carbocycles. The molecule has 0 spiro atoms. The van der Waals surface area contributed by atoms with Crippen molar-refractivity contribution in [3.8, 4) is 0 Å². The topological polar surface area (TPSA) is 33.2 Å². The van der Waals surface area contributed by atoms with E-state index >= 15 is 0 Å². The summed E-state index contributed by atoms with van der Waals surface area (Å²) in [4.78, 5) is 19.6. The molecular formula is C23H21FN2O. The van der Waals surface area contributed by atoms with E-state index in [4.69, 9.17) is 4.98 Å². The number of hydrogen-bond donors (Lipinski definition) is 0. The average Bonchev–Trinajstić information content (AvgIpc) is 3.20. The molecule has 0 unspecified atom stereocenters. The maximum absolute atomic E-state index is 14.0. The molecule has 1 saturated heterocycles. The van der Waals surface area contributed by atoms with Crippen LogP contribution >= 0.6 is 0 Å². The quantitative estimate of drug-likeness (QED) is 0.670. The van der Waals surface area contributed by atoms with Gasteiger partial charge in [0.25, 0.3) is 5.91 Å². The third kappa shape index (κ3) is 3.75. The molecule has 2 heterocycles. The Morgan fingerprint density at radius 1 is 1.00 bits per heavy atom. The van der Waals surface area contributed by atoms with Crippen molar-refractivity contribution in [3.05, 3.63) is 101 Å². The van der Waals surface area contributed by atoms with Crippen molar-refractivity contribution >= 4 is 5.91 Å². The molecule has 1 aliphatic heterocycles. The monoisotopic (exact) mass is 360 g/mol. The van der Waals surface area contributed by atoms with Gasteiger partial charge in [-0.05, 0) is 48.7 Å². The van der Waals surface area contributed by atoms with Gasteiger partial charge in [0, 0.05) is 24.2 Å². The Morgan fingerprint density at radius 3 is 2.59 bits per heavy atom. The summed E-state index contributed by atoms with van der Waals surface area (Å²) >= 11 is 0. The van der Waals surface area contributed by atoms with E-state index in [0.717, 1.165) is 30.8 Å². The maximum atomic E-state index is 14.0. The predicted molar refractivity (Wildman–Crippen MR) is 103 cm³/mol. The second kappa shape index (κ2) is 7.70. The second-order valence-corrected chi connectivity index (χ2v) is 6.84. The molecule has 0 N–H and O–H groups in total. The van der Waals surface area contributed by atoms with Crippen molar-refractivity contribution < 1.29 is 9.18 Å². The van der Waals surface area contributed by atoms with Crippen LogP contribution in [0.4, 0.5) is 4.39 Å². The van der Waals surface area contributed by atoms with Crippen LogP contribution in [0.5, 0.6) is 0 Å². The van der Waals surface area contributed by atoms with Gasteiger partial charge in [-0.3, -0.25) is 9.78 Å². The minimum Gasteiger partial charge on any atom is -0.330 e. The van der Waals surface area contributed by atoms with Crippen molar-refractivity contribution in [2.45, 2.75) is 25.3 Å². The van der Waals surface area contributed by atoms with Gasteiger partial charge in [-0.25, -0.2) is 4.39 Å². The SMILES string of the molecule is O=C(c1ccccc1)N1CCC[C@H]1c1cccc(Cc2ccccc2F)n1. The van der Waals surface area contributed by atoms with Crippen molar-refractivity contribution in [2.75, 3.05) is 6.54 Å². The van der Waals surface area contributed by atoms with Crippen LogP contribution in [-0.4, -0.2) is 22.3 Å². The largest absolute Gasteiger partial charge is 0.330 e. The number of aromatic nitrogens is 1. The number of amides is 1. The molecule has 1 aromatic heterocycles. The lowest BCUT2D eigenvalue weighted by Gasteiger charge is -2.25. The molecule has 3 nitrogen and oxygen atoms in total. The van der Waals surface area contributed by atoms with Crippen LogP contribution in [0.15, 0.2) is 72.8 Å². The normalized spacial score (nSPS) is 16.5. The Bertz CT molecular complexity index is 942. The molecule has 1 atom stereocenters. The van der Waals surface area contributed by atoms with Gasteiger partial charge in [-0.15, -0.1) is 0 Å². The van der Waals surface area contributed by atoms with E-state index < -0.39 is 0 Å². The molecule has 4 rings (SSSR count). The van der Waals surface area contributed by atoms with Crippen LogP contribution in [-0.2, 0) is 6.42 Å². The minimum atomic E-state index is -0.216. The first-order chi connectivity index (χ1) is 13.2. The fourth-order valence-electron chi connectivity index (χ4n) is 3.68. The number of halogens is 1. The van der Waals surface area contributed by atoms with E-state index in [9.17, 15) is 9.18 Å². The van der Waals surface area contributed by atoms with Crippen molar-refractivity contribution in [3.63, 3.8) is 0 Å². The number of benzene rings is 2. The summed E-state index contributed by atoms with van der Waals surface area (Å²) in [6, 6.07) is 21.9.